The van der Waals surface area contributed by atoms with Crippen molar-refractivity contribution in [2.24, 2.45) is 0 Å². The predicted octanol–water partition coefficient (Wildman–Crippen LogP) is 3.03. The van der Waals surface area contributed by atoms with Crippen LogP contribution in [0.25, 0.3) is 0 Å². The maximum absolute atomic E-state index is 10.9. The van der Waals surface area contributed by atoms with E-state index in [1.54, 1.807) is 13.0 Å². The zero-order valence-electron chi connectivity index (χ0n) is 11.2. The number of nitrogens with one attached hydrogen (secondary N) is 1. The van der Waals surface area contributed by atoms with Crippen LogP contribution in [0.3, 0.4) is 0 Å². The molecule has 0 atom stereocenters. The Morgan fingerprint density at radius 2 is 2.20 bits per heavy atom. The van der Waals surface area contributed by atoms with Crippen LogP contribution < -0.4 is 5.32 Å². The SMILES string of the molecule is CSc1cc(NCc2cccc([N+](=O)[O-])c2C)ncn1. The van der Waals surface area contributed by atoms with Gasteiger partial charge in [-0.05, 0) is 18.7 Å². The highest BCUT2D eigenvalue weighted by Crippen LogP contribution is 2.22. The summed E-state index contributed by atoms with van der Waals surface area (Å²) in [7, 11) is 0. The Morgan fingerprint density at radius 1 is 1.40 bits per heavy atom. The van der Waals surface area contributed by atoms with Crippen molar-refractivity contribution in [3.05, 3.63) is 51.8 Å². The molecule has 20 heavy (non-hydrogen) atoms. The van der Waals surface area contributed by atoms with E-state index in [2.05, 4.69) is 15.3 Å². The molecular formula is C13H14N4O2S. The van der Waals surface area contributed by atoms with Crippen molar-refractivity contribution >= 4 is 23.3 Å². The second kappa shape index (κ2) is 6.33. The van der Waals surface area contributed by atoms with Crippen LogP contribution >= 0.6 is 11.8 Å². The average molecular weight is 290 g/mol. The van der Waals surface area contributed by atoms with E-state index in [1.807, 2.05) is 18.4 Å². The molecule has 0 bridgehead atoms. The van der Waals surface area contributed by atoms with Gasteiger partial charge in [0.2, 0.25) is 0 Å². The maximum atomic E-state index is 10.9. The Kier molecular flexibility index (Phi) is 4.52. The lowest BCUT2D eigenvalue weighted by Gasteiger charge is -2.09. The summed E-state index contributed by atoms with van der Waals surface area (Å²) < 4.78 is 0. The van der Waals surface area contributed by atoms with Gasteiger partial charge in [0.05, 0.1) is 4.92 Å². The second-order valence-corrected chi connectivity index (χ2v) is 4.94. The standard InChI is InChI=1S/C13H14N4O2S/c1-9-10(4-3-5-11(9)17(18)19)7-14-12-6-13(20-2)16-8-15-12/h3-6,8H,7H2,1-2H3,(H,14,15,16). The molecule has 1 heterocycles. The first kappa shape index (κ1) is 14.3. The molecule has 1 N–H and O–H groups in total. The molecule has 2 rings (SSSR count). The van der Waals surface area contributed by atoms with Crippen LogP contribution in [-0.2, 0) is 6.54 Å². The number of benzene rings is 1. The van der Waals surface area contributed by atoms with Crippen molar-refractivity contribution in [1.29, 1.82) is 0 Å². The zero-order valence-corrected chi connectivity index (χ0v) is 12.0. The molecule has 0 unspecified atom stereocenters. The molecule has 6 nitrogen and oxygen atoms in total. The van der Waals surface area contributed by atoms with Crippen LogP contribution in [0, 0.1) is 17.0 Å². The van der Waals surface area contributed by atoms with Crippen LogP contribution in [0.5, 0.6) is 0 Å². The first-order valence-electron chi connectivity index (χ1n) is 5.94. The number of hydrogen-bond donors (Lipinski definition) is 1. The average Bonchev–Trinajstić information content (AvgIpc) is 2.46. The lowest BCUT2D eigenvalue weighted by atomic mass is 10.1. The summed E-state index contributed by atoms with van der Waals surface area (Å²) in [5.41, 5.74) is 1.68. The third-order valence-electron chi connectivity index (χ3n) is 2.93. The fourth-order valence-electron chi connectivity index (χ4n) is 1.79. The van der Waals surface area contributed by atoms with E-state index in [9.17, 15) is 10.1 Å². The number of thioether (sulfide) groups is 1. The maximum Gasteiger partial charge on any atom is 0.272 e. The molecule has 0 amide bonds. The Hall–Kier alpha value is -2.15. The van der Waals surface area contributed by atoms with Gasteiger partial charge in [-0.25, -0.2) is 9.97 Å². The van der Waals surface area contributed by atoms with Crippen molar-refractivity contribution in [2.45, 2.75) is 18.5 Å². The minimum atomic E-state index is -0.366. The highest BCUT2D eigenvalue weighted by atomic mass is 32.2. The molecule has 104 valence electrons. The van der Waals surface area contributed by atoms with Crippen LogP contribution in [0.2, 0.25) is 0 Å². The van der Waals surface area contributed by atoms with Crippen LogP contribution in [0.1, 0.15) is 11.1 Å². The van der Waals surface area contributed by atoms with Gasteiger partial charge in [-0.3, -0.25) is 10.1 Å². The van der Waals surface area contributed by atoms with Crippen molar-refractivity contribution in [3.63, 3.8) is 0 Å². The Labute approximate surface area is 120 Å². The van der Waals surface area contributed by atoms with E-state index < -0.39 is 0 Å². The summed E-state index contributed by atoms with van der Waals surface area (Å²) in [5.74, 6) is 0.704. The largest absolute Gasteiger partial charge is 0.366 e. The van der Waals surface area contributed by atoms with Crippen molar-refractivity contribution < 1.29 is 4.92 Å². The zero-order chi connectivity index (χ0) is 14.5. The number of rotatable bonds is 5. The third-order valence-corrected chi connectivity index (χ3v) is 3.57. The minimum Gasteiger partial charge on any atom is -0.366 e. The van der Waals surface area contributed by atoms with Crippen molar-refractivity contribution in [2.75, 3.05) is 11.6 Å². The third kappa shape index (κ3) is 3.24. The molecule has 1 aromatic carbocycles. The summed E-state index contributed by atoms with van der Waals surface area (Å²) >= 11 is 1.53. The summed E-state index contributed by atoms with van der Waals surface area (Å²) in [6.07, 6.45) is 3.44. The molecule has 0 saturated carbocycles. The van der Waals surface area contributed by atoms with E-state index in [0.29, 0.717) is 17.9 Å². The summed E-state index contributed by atoms with van der Waals surface area (Å²) in [5, 5.41) is 14.9. The molecule has 0 aliphatic rings. The van der Waals surface area contributed by atoms with Gasteiger partial charge in [0.1, 0.15) is 17.2 Å². The van der Waals surface area contributed by atoms with E-state index >= 15 is 0 Å². The van der Waals surface area contributed by atoms with Gasteiger partial charge in [0.25, 0.3) is 5.69 Å². The Bertz CT molecular complexity index is 634. The number of nitrogens with zero attached hydrogens (tertiary/aromatic N) is 3. The molecule has 0 saturated heterocycles. The fourth-order valence-corrected chi connectivity index (χ4v) is 2.17. The molecule has 1 aromatic heterocycles. The summed E-state index contributed by atoms with van der Waals surface area (Å²) in [6.45, 7) is 2.24. The van der Waals surface area contributed by atoms with E-state index in [4.69, 9.17) is 0 Å². The molecule has 7 heteroatoms. The fraction of sp³-hybridized carbons (Fsp3) is 0.231. The monoisotopic (exact) mass is 290 g/mol. The molecule has 2 aromatic rings. The molecule has 0 aliphatic heterocycles. The van der Waals surface area contributed by atoms with Gasteiger partial charge in [0, 0.05) is 24.2 Å². The Balaban J connectivity index is 2.14. The highest BCUT2D eigenvalue weighted by molar-refractivity contribution is 7.98. The second-order valence-electron chi connectivity index (χ2n) is 4.12. The molecular weight excluding hydrogens is 276 g/mol. The highest BCUT2D eigenvalue weighted by Gasteiger charge is 2.12. The predicted molar refractivity (Wildman–Crippen MR) is 79.0 cm³/mol. The molecule has 0 aliphatic carbocycles. The minimum absolute atomic E-state index is 0.136. The van der Waals surface area contributed by atoms with Crippen molar-refractivity contribution in [1.82, 2.24) is 9.97 Å². The van der Waals surface area contributed by atoms with Crippen molar-refractivity contribution in [3.8, 4) is 0 Å². The van der Waals surface area contributed by atoms with Gasteiger partial charge in [-0.1, -0.05) is 12.1 Å². The number of nitro benzene ring substituents is 1. The lowest BCUT2D eigenvalue weighted by Crippen LogP contribution is -2.04. The molecule has 0 radical (unpaired) electrons. The first-order valence-corrected chi connectivity index (χ1v) is 7.17. The van der Waals surface area contributed by atoms with E-state index in [1.165, 1.54) is 24.2 Å². The van der Waals surface area contributed by atoms with Gasteiger partial charge < -0.3 is 5.32 Å². The number of aromatic nitrogens is 2. The van der Waals surface area contributed by atoms with Crippen LogP contribution in [-0.4, -0.2) is 21.1 Å². The van der Waals surface area contributed by atoms with Gasteiger partial charge in [-0.15, -0.1) is 11.8 Å². The lowest BCUT2D eigenvalue weighted by molar-refractivity contribution is -0.385. The van der Waals surface area contributed by atoms with E-state index in [-0.39, 0.29) is 10.6 Å². The molecule has 0 spiro atoms. The molecule has 0 fully saturated rings. The quantitative estimate of drug-likeness (QED) is 0.394. The normalized spacial score (nSPS) is 10.3. The Morgan fingerprint density at radius 3 is 2.90 bits per heavy atom. The first-order chi connectivity index (χ1) is 9.61. The number of anilines is 1. The smallest absolute Gasteiger partial charge is 0.272 e. The topological polar surface area (TPSA) is 81.0 Å². The van der Waals surface area contributed by atoms with Gasteiger partial charge >= 0.3 is 0 Å². The number of hydrogen-bond acceptors (Lipinski definition) is 6. The van der Waals surface area contributed by atoms with Gasteiger partial charge in [-0.2, -0.15) is 0 Å². The van der Waals surface area contributed by atoms with Crippen LogP contribution in [0.15, 0.2) is 35.6 Å². The van der Waals surface area contributed by atoms with Gasteiger partial charge in [0.15, 0.2) is 0 Å². The van der Waals surface area contributed by atoms with E-state index in [0.717, 1.165) is 10.6 Å². The summed E-state index contributed by atoms with van der Waals surface area (Å²) in [6, 6.07) is 6.91. The summed E-state index contributed by atoms with van der Waals surface area (Å²) in [4.78, 5) is 18.7. The number of nitro groups is 1. The van der Waals surface area contributed by atoms with Crippen LogP contribution in [0.4, 0.5) is 11.5 Å².